The molecule has 2 bridgehead atoms. The summed E-state index contributed by atoms with van der Waals surface area (Å²) in [5.74, 6) is 0.910. The van der Waals surface area contributed by atoms with Gasteiger partial charge in [0.15, 0.2) is 0 Å². The lowest BCUT2D eigenvalue weighted by Crippen LogP contribution is -2.58. The first kappa shape index (κ1) is 24.1. The standard InChI is InChI=1S/C29H39N3O3/c1-27(2,3)22-6-8-23(9-7-22)31-24-17-21-16-19(4-5-20(21)18-30-24)25(33)32-29-13-10-28(11-14-29,12-15-29)26(34)35/h4-5,16-18,22-23H,6-15H2,1-3H3,(H,30,31)(H,32,33)(H,34,35)/t22-,23-,28?,29?. The molecule has 6 heteroatoms. The van der Waals surface area contributed by atoms with E-state index in [1.54, 1.807) is 0 Å². The molecule has 35 heavy (non-hydrogen) atoms. The molecule has 6 rings (SSSR count). The van der Waals surface area contributed by atoms with E-state index in [-0.39, 0.29) is 11.4 Å². The van der Waals surface area contributed by atoms with E-state index in [1.165, 1.54) is 12.8 Å². The zero-order chi connectivity index (χ0) is 24.8. The molecule has 4 aliphatic carbocycles. The van der Waals surface area contributed by atoms with Crippen LogP contribution in [0.5, 0.6) is 0 Å². The van der Waals surface area contributed by atoms with Crippen LogP contribution in [0.1, 0.15) is 95.3 Å². The SMILES string of the molecule is CC(C)(C)[C@H]1CC[C@H](Nc2cc3cc(C(=O)NC45CCC(C(=O)O)(CC4)CC5)ccc3cn2)CC1. The molecule has 4 fully saturated rings. The maximum atomic E-state index is 13.2. The lowest BCUT2D eigenvalue weighted by molar-refractivity contribution is -0.156. The Hall–Kier alpha value is -2.63. The van der Waals surface area contributed by atoms with E-state index in [0.717, 1.165) is 54.6 Å². The molecule has 6 nitrogen and oxygen atoms in total. The Balaban J connectivity index is 1.25. The number of fused-ring (bicyclic) bond motifs is 4. The topological polar surface area (TPSA) is 91.3 Å². The quantitative estimate of drug-likeness (QED) is 0.480. The van der Waals surface area contributed by atoms with Crippen LogP contribution in [0.3, 0.4) is 0 Å². The third kappa shape index (κ3) is 4.76. The fraction of sp³-hybridized carbons (Fsp3) is 0.621. The number of rotatable bonds is 5. The highest BCUT2D eigenvalue weighted by atomic mass is 16.4. The van der Waals surface area contributed by atoms with Gasteiger partial charge in [-0.1, -0.05) is 26.8 Å². The summed E-state index contributed by atoms with van der Waals surface area (Å²) in [5, 5.41) is 18.6. The number of carboxylic acid groups (broad SMARTS) is 1. The van der Waals surface area contributed by atoms with E-state index in [1.807, 2.05) is 24.4 Å². The molecule has 4 saturated carbocycles. The largest absolute Gasteiger partial charge is 0.481 e. The molecule has 0 aliphatic heterocycles. The van der Waals surface area contributed by atoms with Crippen molar-refractivity contribution >= 4 is 28.5 Å². The highest BCUT2D eigenvalue weighted by Gasteiger charge is 2.53. The number of amides is 1. The molecule has 0 saturated heterocycles. The number of nitrogens with one attached hydrogen (secondary N) is 2. The number of aromatic nitrogens is 1. The molecule has 0 spiro atoms. The molecule has 0 radical (unpaired) electrons. The van der Waals surface area contributed by atoms with Gasteiger partial charge in [-0.3, -0.25) is 9.59 Å². The van der Waals surface area contributed by atoms with Crippen LogP contribution < -0.4 is 10.6 Å². The first-order valence-corrected chi connectivity index (χ1v) is 13.3. The Morgan fingerprint density at radius 3 is 2.20 bits per heavy atom. The van der Waals surface area contributed by atoms with Crippen molar-refractivity contribution < 1.29 is 14.7 Å². The fourth-order valence-electron chi connectivity index (χ4n) is 6.68. The molecular weight excluding hydrogens is 438 g/mol. The molecule has 2 aromatic rings. The number of benzene rings is 1. The summed E-state index contributed by atoms with van der Waals surface area (Å²) in [5.41, 5.74) is 0.185. The first-order valence-electron chi connectivity index (χ1n) is 13.3. The van der Waals surface area contributed by atoms with Crippen molar-refractivity contribution in [3.63, 3.8) is 0 Å². The van der Waals surface area contributed by atoms with Gasteiger partial charge < -0.3 is 15.7 Å². The van der Waals surface area contributed by atoms with Crippen molar-refractivity contribution in [1.82, 2.24) is 10.3 Å². The third-order valence-corrected chi connectivity index (χ3v) is 9.37. The van der Waals surface area contributed by atoms with Crippen molar-refractivity contribution in [2.45, 2.75) is 96.6 Å². The minimum absolute atomic E-state index is 0.0663. The Morgan fingerprint density at radius 1 is 0.943 bits per heavy atom. The lowest BCUT2D eigenvalue weighted by Gasteiger charge is -2.51. The van der Waals surface area contributed by atoms with E-state index < -0.39 is 11.4 Å². The van der Waals surface area contributed by atoms with Gasteiger partial charge in [0.2, 0.25) is 0 Å². The van der Waals surface area contributed by atoms with Gasteiger partial charge in [0.05, 0.1) is 5.41 Å². The minimum atomic E-state index is -0.674. The van der Waals surface area contributed by atoms with Crippen molar-refractivity contribution in [3.8, 4) is 0 Å². The molecule has 1 amide bonds. The third-order valence-electron chi connectivity index (χ3n) is 9.37. The summed E-state index contributed by atoms with van der Waals surface area (Å²) in [7, 11) is 0. The lowest BCUT2D eigenvalue weighted by atomic mass is 9.57. The average molecular weight is 478 g/mol. The monoisotopic (exact) mass is 477 g/mol. The fourth-order valence-corrected chi connectivity index (χ4v) is 6.68. The predicted octanol–water partition coefficient (Wildman–Crippen LogP) is 6.16. The number of hydrogen-bond donors (Lipinski definition) is 3. The number of hydrogen-bond acceptors (Lipinski definition) is 4. The maximum Gasteiger partial charge on any atom is 0.309 e. The van der Waals surface area contributed by atoms with Crippen LogP contribution in [-0.4, -0.2) is 33.5 Å². The van der Waals surface area contributed by atoms with Crippen molar-refractivity contribution in [1.29, 1.82) is 0 Å². The molecule has 0 atom stereocenters. The molecule has 188 valence electrons. The summed E-state index contributed by atoms with van der Waals surface area (Å²) in [6.07, 6.45) is 10.9. The Morgan fingerprint density at radius 2 is 1.60 bits per heavy atom. The summed E-state index contributed by atoms with van der Waals surface area (Å²) >= 11 is 0. The van der Waals surface area contributed by atoms with Crippen LogP contribution in [0.2, 0.25) is 0 Å². The number of aliphatic carboxylic acids is 1. The van der Waals surface area contributed by atoms with Gasteiger partial charge in [0, 0.05) is 28.7 Å². The normalized spacial score (nSPS) is 30.7. The predicted molar refractivity (Wildman–Crippen MR) is 139 cm³/mol. The van der Waals surface area contributed by atoms with Crippen LogP contribution in [0.25, 0.3) is 10.8 Å². The highest BCUT2D eigenvalue weighted by molar-refractivity contribution is 5.99. The van der Waals surface area contributed by atoms with Gasteiger partial charge in [0.25, 0.3) is 5.91 Å². The number of pyridine rings is 1. The molecular formula is C29H39N3O3. The minimum Gasteiger partial charge on any atom is -0.481 e. The molecule has 1 aromatic carbocycles. The Bertz CT molecular complexity index is 1100. The van der Waals surface area contributed by atoms with E-state index in [4.69, 9.17) is 0 Å². The van der Waals surface area contributed by atoms with E-state index in [9.17, 15) is 14.7 Å². The summed E-state index contributed by atoms with van der Waals surface area (Å²) in [4.78, 5) is 29.5. The van der Waals surface area contributed by atoms with Gasteiger partial charge in [0.1, 0.15) is 5.82 Å². The number of carboxylic acids is 1. The van der Waals surface area contributed by atoms with Gasteiger partial charge in [-0.15, -0.1) is 0 Å². The number of anilines is 1. The molecule has 1 aromatic heterocycles. The van der Waals surface area contributed by atoms with Gasteiger partial charge in [-0.2, -0.15) is 0 Å². The van der Waals surface area contributed by atoms with Crippen LogP contribution in [0.4, 0.5) is 5.82 Å². The Labute approximate surface area is 208 Å². The van der Waals surface area contributed by atoms with Gasteiger partial charge in [-0.25, -0.2) is 4.98 Å². The van der Waals surface area contributed by atoms with E-state index in [0.29, 0.717) is 36.3 Å². The molecule has 3 N–H and O–H groups in total. The molecule has 4 aliphatic rings. The van der Waals surface area contributed by atoms with Gasteiger partial charge >= 0.3 is 5.97 Å². The summed E-state index contributed by atoms with van der Waals surface area (Å²) < 4.78 is 0. The number of carbonyl (C=O) groups is 2. The van der Waals surface area contributed by atoms with Crippen molar-refractivity contribution in [3.05, 3.63) is 36.0 Å². The molecule has 0 unspecified atom stereocenters. The zero-order valence-electron chi connectivity index (χ0n) is 21.3. The first-order chi connectivity index (χ1) is 16.6. The summed E-state index contributed by atoms with van der Waals surface area (Å²) in [6.45, 7) is 7.03. The summed E-state index contributed by atoms with van der Waals surface area (Å²) in [6, 6.07) is 8.29. The van der Waals surface area contributed by atoms with Crippen LogP contribution in [-0.2, 0) is 4.79 Å². The van der Waals surface area contributed by atoms with Crippen LogP contribution in [0, 0.1) is 16.7 Å². The number of nitrogens with zero attached hydrogens (tertiary/aromatic N) is 1. The van der Waals surface area contributed by atoms with Gasteiger partial charge in [-0.05, 0) is 99.1 Å². The van der Waals surface area contributed by atoms with E-state index in [2.05, 4.69) is 42.5 Å². The number of carbonyl (C=O) groups excluding carboxylic acids is 1. The smallest absolute Gasteiger partial charge is 0.309 e. The second kappa shape index (κ2) is 8.79. The van der Waals surface area contributed by atoms with Crippen LogP contribution in [0.15, 0.2) is 30.5 Å². The maximum absolute atomic E-state index is 13.2. The Kier molecular flexibility index (Phi) is 6.05. The average Bonchev–Trinajstić information content (AvgIpc) is 2.84. The zero-order valence-corrected chi connectivity index (χ0v) is 21.3. The van der Waals surface area contributed by atoms with Crippen molar-refractivity contribution in [2.75, 3.05) is 5.32 Å². The van der Waals surface area contributed by atoms with Crippen molar-refractivity contribution in [2.24, 2.45) is 16.7 Å². The molecule has 1 heterocycles. The second-order valence-corrected chi connectivity index (χ2v) is 12.5. The highest BCUT2D eigenvalue weighted by Crippen LogP contribution is 2.52. The second-order valence-electron chi connectivity index (χ2n) is 12.5. The van der Waals surface area contributed by atoms with E-state index >= 15 is 0 Å². The van der Waals surface area contributed by atoms with Crippen LogP contribution >= 0.6 is 0 Å².